The lowest BCUT2D eigenvalue weighted by molar-refractivity contribution is 0.171. The molecular formula is C12H14ClFN2. The first-order valence-electron chi connectivity index (χ1n) is 5.65. The van der Waals surface area contributed by atoms with Crippen LogP contribution < -0.4 is 10.6 Å². The van der Waals surface area contributed by atoms with Crippen LogP contribution in [0.3, 0.4) is 0 Å². The highest BCUT2D eigenvalue weighted by atomic mass is 35.5. The maximum Gasteiger partial charge on any atom is 0.143 e. The summed E-state index contributed by atoms with van der Waals surface area (Å²) in [5.74, 6) is -0.362. The highest BCUT2D eigenvalue weighted by Gasteiger charge is 2.38. The lowest BCUT2D eigenvalue weighted by Crippen LogP contribution is -2.40. The Bertz CT molecular complexity index is 394. The molecule has 2 aliphatic rings. The smallest absolute Gasteiger partial charge is 0.143 e. The molecule has 1 aliphatic carbocycles. The first-order chi connectivity index (χ1) is 7.69. The molecule has 86 valence electrons. The van der Waals surface area contributed by atoms with Crippen molar-refractivity contribution in [3.8, 4) is 0 Å². The van der Waals surface area contributed by atoms with Crippen molar-refractivity contribution in [2.24, 2.45) is 5.41 Å². The van der Waals surface area contributed by atoms with E-state index in [9.17, 15) is 4.39 Å². The Morgan fingerprint density at radius 2 is 1.75 bits per heavy atom. The van der Waals surface area contributed by atoms with E-state index in [1.54, 1.807) is 6.07 Å². The van der Waals surface area contributed by atoms with Crippen LogP contribution in [-0.4, -0.2) is 13.1 Å². The third kappa shape index (κ3) is 1.54. The number of anilines is 2. The summed E-state index contributed by atoms with van der Waals surface area (Å²) >= 11 is 5.78. The van der Waals surface area contributed by atoms with Crippen LogP contribution in [0.2, 0.25) is 5.02 Å². The van der Waals surface area contributed by atoms with Crippen LogP contribution in [0.1, 0.15) is 19.3 Å². The molecule has 16 heavy (non-hydrogen) atoms. The van der Waals surface area contributed by atoms with Gasteiger partial charge in [-0.1, -0.05) is 18.0 Å². The van der Waals surface area contributed by atoms with Crippen LogP contribution in [0.25, 0.3) is 0 Å². The predicted molar refractivity (Wildman–Crippen MR) is 64.7 cm³/mol. The zero-order valence-electron chi connectivity index (χ0n) is 8.95. The van der Waals surface area contributed by atoms with Crippen LogP contribution in [0.5, 0.6) is 0 Å². The van der Waals surface area contributed by atoms with Crippen molar-refractivity contribution in [3.05, 3.63) is 23.0 Å². The average molecular weight is 241 g/mol. The van der Waals surface area contributed by atoms with E-state index in [1.165, 1.54) is 25.3 Å². The van der Waals surface area contributed by atoms with Crippen LogP contribution in [0.4, 0.5) is 15.8 Å². The molecule has 1 fully saturated rings. The molecule has 1 spiro atoms. The second-order valence-corrected chi connectivity index (χ2v) is 5.28. The predicted octanol–water partition coefficient (Wildman–Crippen LogP) is 3.49. The van der Waals surface area contributed by atoms with Gasteiger partial charge in [-0.3, -0.25) is 0 Å². The van der Waals surface area contributed by atoms with E-state index in [-0.39, 0.29) is 10.8 Å². The van der Waals surface area contributed by atoms with Gasteiger partial charge in [0.2, 0.25) is 0 Å². The summed E-state index contributed by atoms with van der Waals surface area (Å²) in [5, 5.41) is 6.88. The summed E-state index contributed by atoms with van der Waals surface area (Å²) in [6.45, 7) is 1.88. The van der Waals surface area contributed by atoms with Gasteiger partial charge in [-0.25, -0.2) is 4.39 Å². The lowest BCUT2D eigenvalue weighted by atomic mass is 9.69. The number of hydrogen-bond acceptors (Lipinski definition) is 2. The topological polar surface area (TPSA) is 24.1 Å². The summed E-state index contributed by atoms with van der Waals surface area (Å²) in [4.78, 5) is 0. The Morgan fingerprint density at radius 3 is 2.31 bits per heavy atom. The second-order valence-electron chi connectivity index (χ2n) is 4.87. The van der Waals surface area contributed by atoms with Gasteiger partial charge in [-0.15, -0.1) is 0 Å². The minimum atomic E-state index is -0.362. The number of nitrogens with one attached hydrogen (secondary N) is 2. The molecule has 1 heterocycles. The molecule has 4 heteroatoms. The van der Waals surface area contributed by atoms with Crippen LogP contribution >= 0.6 is 11.6 Å². The molecule has 3 rings (SSSR count). The van der Waals surface area contributed by atoms with Crippen LogP contribution in [-0.2, 0) is 0 Å². The van der Waals surface area contributed by atoms with Gasteiger partial charge in [0, 0.05) is 24.6 Å². The SMILES string of the molecule is Fc1cc2c(cc1Cl)NCC1(CCC1)CN2. The fraction of sp³-hybridized carbons (Fsp3) is 0.500. The van der Waals surface area contributed by atoms with Crippen molar-refractivity contribution in [1.82, 2.24) is 0 Å². The van der Waals surface area contributed by atoms with Crippen molar-refractivity contribution in [1.29, 1.82) is 0 Å². The van der Waals surface area contributed by atoms with Gasteiger partial charge in [0.1, 0.15) is 5.82 Å². The summed E-state index contributed by atoms with van der Waals surface area (Å²) in [5.41, 5.74) is 2.10. The van der Waals surface area contributed by atoms with E-state index in [4.69, 9.17) is 11.6 Å². The zero-order valence-corrected chi connectivity index (χ0v) is 9.70. The van der Waals surface area contributed by atoms with E-state index in [1.807, 2.05) is 0 Å². The molecule has 2 nitrogen and oxygen atoms in total. The molecule has 0 aromatic heterocycles. The van der Waals surface area contributed by atoms with Crippen molar-refractivity contribution in [2.45, 2.75) is 19.3 Å². The first kappa shape index (κ1) is 10.2. The van der Waals surface area contributed by atoms with Gasteiger partial charge >= 0.3 is 0 Å². The molecule has 0 radical (unpaired) electrons. The lowest BCUT2D eigenvalue weighted by Gasteiger charge is -2.41. The summed E-state index contributed by atoms with van der Waals surface area (Å²) < 4.78 is 13.3. The van der Waals surface area contributed by atoms with Gasteiger partial charge in [0.05, 0.1) is 16.4 Å². The van der Waals surface area contributed by atoms with Crippen molar-refractivity contribution in [3.63, 3.8) is 0 Å². The normalized spacial score (nSPS) is 21.4. The second kappa shape index (κ2) is 3.52. The Morgan fingerprint density at radius 1 is 1.12 bits per heavy atom. The molecule has 2 N–H and O–H groups in total. The van der Waals surface area contributed by atoms with Crippen molar-refractivity contribution < 1.29 is 4.39 Å². The number of benzene rings is 1. The number of hydrogen-bond donors (Lipinski definition) is 2. The van der Waals surface area contributed by atoms with E-state index in [2.05, 4.69) is 10.6 Å². The van der Waals surface area contributed by atoms with Crippen molar-refractivity contribution in [2.75, 3.05) is 23.7 Å². The minimum Gasteiger partial charge on any atom is -0.383 e. The molecule has 0 amide bonds. The van der Waals surface area contributed by atoms with E-state index >= 15 is 0 Å². The van der Waals surface area contributed by atoms with Crippen LogP contribution in [0.15, 0.2) is 12.1 Å². The Labute approximate surface area is 99.2 Å². The fourth-order valence-corrected chi connectivity index (χ4v) is 2.66. The number of rotatable bonds is 0. The number of halogens is 2. The molecule has 1 aliphatic heterocycles. The monoisotopic (exact) mass is 240 g/mol. The minimum absolute atomic E-state index is 0.178. The van der Waals surface area contributed by atoms with Crippen molar-refractivity contribution >= 4 is 23.0 Å². The van der Waals surface area contributed by atoms with Gasteiger partial charge in [-0.05, 0) is 18.9 Å². The van der Waals surface area contributed by atoms with Gasteiger partial charge in [0.25, 0.3) is 0 Å². The Hall–Kier alpha value is -0.960. The first-order valence-corrected chi connectivity index (χ1v) is 6.03. The van der Waals surface area contributed by atoms with Gasteiger partial charge in [-0.2, -0.15) is 0 Å². The third-order valence-corrected chi connectivity index (χ3v) is 4.07. The molecule has 0 bridgehead atoms. The summed E-state index contributed by atoms with van der Waals surface area (Å²) in [6.07, 6.45) is 3.79. The standard InChI is InChI=1S/C12H14ClFN2/c13-8-4-10-11(5-9(8)14)16-7-12(6-15-10)2-1-3-12/h4-5,15-16H,1-3,6-7H2. The molecule has 1 aromatic carbocycles. The van der Waals surface area contributed by atoms with E-state index in [0.717, 1.165) is 24.5 Å². The Kier molecular flexibility index (Phi) is 2.25. The highest BCUT2D eigenvalue weighted by Crippen LogP contribution is 2.44. The third-order valence-electron chi connectivity index (χ3n) is 3.78. The fourth-order valence-electron chi connectivity index (χ4n) is 2.50. The maximum absolute atomic E-state index is 13.3. The Balaban J connectivity index is 1.91. The molecule has 1 aromatic rings. The van der Waals surface area contributed by atoms with Crippen LogP contribution in [0, 0.1) is 11.2 Å². The van der Waals surface area contributed by atoms with E-state index in [0.29, 0.717) is 5.41 Å². The van der Waals surface area contributed by atoms with Gasteiger partial charge < -0.3 is 10.6 Å². The highest BCUT2D eigenvalue weighted by molar-refractivity contribution is 6.31. The quantitative estimate of drug-likeness (QED) is 0.726. The molecule has 0 atom stereocenters. The summed E-state index contributed by atoms with van der Waals surface area (Å²) in [6, 6.07) is 3.14. The van der Waals surface area contributed by atoms with Gasteiger partial charge in [0.15, 0.2) is 0 Å². The summed E-state index contributed by atoms with van der Waals surface area (Å²) in [7, 11) is 0. The largest absolute Gasteiger partial charge is 0.383 e. The average Bonchev–Trinajstić information content (AvgIpc) is 2.38. The number of fused-ring (bicyclic) bond motifs is 1. The zero-order chi connectivity index (χ0) is 11.2. The maximum atomic E-state index is 13.3. The van der Waals surface area contributed by atoms with E-state index < -0.39 is 0 Å². The molecule has 0 unspecified atom stereocenters. The molecule has 0 saturated heterocycles. The molecular weight excluding hydrogens is 227 g/mol. The molecule has 1 saturated carbocycles.